The van der Waals surface area contributed by atoms with Gasteiger partial charge in [-0.1, -0.05) is 30.3 Å². The predicted octanol–water partition coefficient (Wildman–Crippen LogP) is 3.31. The van der Waals surface area contributed by atoms with Crippen LogP contribution in [0, 0.1) is 6.92 Å². The topological polar surface area (TPSA) is 120 Å². The monoisotopic (exact) mass is 484 g/mol. The molecule has 0 unspecified atom stereocenters. The van der Waals surface area contributed by atoms with Crippen molar-refractivity contribution in [1.82, 2.24) is 5.32 Å². The van der Waals surface area contributed by atoms with Gasteiger partial charge >= 0.3 is 11.9 Å². The van der Waals surface area contributed by atoms with Crippen LogP contribution in [0.4, 0.5) is 5.00 Å². The first-order valence-electron chi connectivity index (χ1n) is 10.4. The van der Waals surface area contributed by atoms with Crippen molar-refractivity contribution in [2.24, 2.45) is 0 Å². The second kappa shape index (κ2) is 11.3. The highest BCUT2D eigenvalue weighted by Gasteiger charge is 2.26. The number of carbonyl (C=O) groups is 4. The molecule has 3 rings (SSSR count). The lowest BCUT2D eigenvalue weighted by Crippen LogP contribution is -2.24. The second-order valence-corrected chi connectivity index (χ2v) is 8.09. The van der Waals surface area contributed by atoms with E-state index in [4.69, 9.17) is 14.2 Å². The number of rotatable bonds is 9. The molecule has 1 aromatic heterocycles. The first-order chi connectivity index (χ1) is 16.3. The van der Waals surface area contributed by atoms with Crippen LogP contribution in [0.5, 0.6) is 5.75 Å². The smallest absolute Gasteiger partial charge is 0.344 e. The van der Waals surface area contributed by atoms with Crippen LogP contribution in [-0.2, 0) is 19.1 Å². The first kappa shape index (κ1) is 24.7. The highest BCUT2D eigenvalue weighted by Crippen LogP contribution is 2.33. The molecule has 10 heteroatoms. The summed E-state index contributed by atoms with van der Waals surface area (Å²) in [5.41, 5.74) is 0.476. The largest absolute Gasteiger partial charge is 0.482 e. The van der Waals surface area contributed by atoms with E-state index in [-0.39, 0.29) is 28.7 Å². The lowest BCUT2D eigenvalue weighted by molar-refractivity contribution is -0.149. The van der Waals surface area contributed by atoms with E-state index in [0.29, 0.717) is 11.3 Å². The minimum absolute atomic E-state index is 0.0877. The highest BCUT2D eigenvalue weighted by molar-refractivity contribution is 7.18. The molecule has 0 aliphatic rings. The van der Waals surface area contributed by atoms with Gasteiger partial charge in [0.2, 0.25) is 0 Å². The van der Waals surface area contributed by atoms with Crippen molar-refractivity contribution in [1.29, 1.82) is 0 Å². The number of amides is 2. The van der Waals surface area contributed by atoms with Gasteiger partial charge < -0.3 is 24.8 Å². The summed E-state index contributed by atoms with van der Waals surface area (Å²) in [6, 6.07) is 13.1. The zero-order valence-corrected chi connectivity index (χ0v) is 19.7. The van der Waals surface area contributed by atoms with E-state index in [1.807, 2.05) is 30.3 Å². The Morgan fingerprint density at radius 3 is 2.41 bits per heavy atom. The molecule has 0 fully saturated rings. The zero-order chi connectivity index (χ0) is 24.7. The third-order valence-electron chi connectivity index (χ3n) is 4.75. The van der Waals surface area contributed by atoms with Crippen LogP contribution in [0.3, 0.4) is 0 Å². The molecule has 0 aliphatic heterocycles. The van der Waals surface area contributed by atoms with Gasteiger partial charge in [-0.05, 0) is 42.3 Å². The molecule has 9 nitrogen and oxygen atoms in total. The molecule has 0 atom stereocenters. The van der Waals surface area contributed by atoms with E-state index in [9.17, 15) is 19.2 Å². The van der Waals surface area contributed by atoms with Gasteiger partial charge in [-0.2, -0.15) is 0 Å². The summed E-state index contributed by atoms with van der Waals surface area (Å²) in [6.07, 6.45) is 0. The molecular weight excluding hydrogens is 460 g/mol. The summed E-state index contributed by atoms with van der Waals surface area (Å²) in [6.45, 7) is 2.41. The minimum atomic E-state index is -0.734. The molecule has 2 amide bonds. The summed E-state index contributed by atoms with van der Waals surface area (Å²) in [5.74, 6) is -1.97. The average Bonchev–Trinajstić information content (AvgIpc) is 3.16. The quantitative estimate of drug-likeness (QED) is 0.447. The van der Waals surface area contributed by atoms with Crippen molar-refractivity contribution in [3.05, 3.63) is 58.5 Å². The van der Waals surface area contributed by atoms with Gasteiger partial charge in [-0.25, -0.2) is 9.59 Å². The van der Waals surface area contributed by atoms with Crippen LogP contribution < -0.4 is 15.4 Å². The summed E-state index contributed by atoms with van der Waals surface area (Å²) in [7, 11) is 1.46. The van der Waals surface area contributed by atoms with E-state index in [1.54, 1.807) is 26.0 Å². The van der Waals surface area contributed by atoms with Crippen LogP contribution in [-0.4, -0.2) is 50.6 Å². The summed E-state index contributed by atoms with van der Waals surface area (Å²) >= 11 is 0.934. The van der Waals surface area contributed by atoms with Gasteiger partial charge in [0.25, 0.3) is 11.8 Å². The maximum absolute atomic E-state index is 12.4. The van der Waals surface area contributed by atoms with Crippen LogP contribution in [0.25, 0.3) is 10.8 Å². The number of ether oxygens (including phenoxy) is 3. The maximum atomic E-state index is 12.4. The van der Waals surface area contributed by atoms with Gasteiger partial charge in [0, 0.05) is 7.05 Å². The Balaban J connectivity index is 1.58. The zero-order valence-electron chi connectivity index (χ0n) is 18.9. The molecule has 0 radical (unpaired) electrons. The van der Waals surface area contributed by atoms with Gasteiger partial charge in [-0.3, -0.25) is 9.59 Å². The molecule has 3 aromatic rings. The molecule has 34 heavy (non-hydrogen) atoms. The Morgan fingerprint density at radius 2 is 1.71 bits per heavy atom. The van der Waals surface area contributed by atoms with Crippen molar-refractivity contribution >= 4 is 50.9 Å². The summed E-state index contributed by atoms with van der Waals surface area (Å²) in [5, 5.41) is 7.16. The van der Waals surface area contributed by atoms with E-state index in [1.165, 1.54) is 7.05 Å². The number of fused-ring (bicyclic) bond motifs is 1. The normalized spacial score (nSPS) is 10.4. The minimum Gasteiger partial charge on any atom is -0.482 e. The Hall–Kier alpha value is -3.92. The molecule has 0 aliphatic carbocycles. The molecule has 0 bridgehead atoms. The average molecular weight is 485 g/mol. The molecular formula is C24H24N2O7S. The molecule has 0 spiro atoms. The first-order valence-corrected chi connectivity index (χ1v) is 11.2. The van der Waals surface area contributed by atoms with Gasteiger partial charge in [-0.15, -0.1) is 11.3 Å². The number of benzene rings is 2. The number of thiophene rings is 1. The summed E-state index contributed by atoms with van der Waals surface area (Å²) in [4.78, 5) is 49.1. The SMILES string of the molecule is CCOC(=O)c1c(NC(=O)COC(=O)COc2ccc3ccccc3c2)sc(C(=O)NC)c1C. The van der Waals surface area contributed by atoms with Gasteiger partial charge in [0.15, 0.2) is 13.2 Å². The fourth-order valence-corrected chi connectivity index (χ4v) is 4.29. The number of anilines is 1. The van der Waals surface area contributed by atoms with Crippen LogP contribution >= 0.6 is 11.3 Å². The Bertz CT molecular complexity index is 1240. The maximum Gasteiger partial charge on any atom is 0.344 e. The Kier molecular flexibility index (Phi) is 8.20. The standard InChI is InChI=1S/C24H24N2O7S/c1-4-31-24(30)20-14(2)21(22(29)25-3)34-23(20)26-18(27)12-33-19(28)13-32-17-10-9-15-7-5-6-8-16(15)11-17/h5-11H,4,12-13H2,1-3H3,(H,25,29)(H,26,27). The van der Waals surface area contributed by atoms with Crippen LogP contribution in [0.2, 0.25) is 0 Å². The second-order valence-electron chi connectivity index (χ2n) is 7.07. The van der Waals surface area contributed by atoms with Crippen molar-refractivity contribution in [2.45, 2.75) is 13.8 Å². The number of hydrogen-bond donors (Lipinski definition) is 2. The van der Waals surface area contributed by atoms with Crippen LogP contribution in [0.15, 0.2) is 42.5 Å². The van der Waals surface area contributed by atoms with E-state index < -0.39 is 30.4 Å². The third-order valence-corrected chi connectivity index (χ3v) is 5.96. The third kappa shape index (κ3) is 5.90. The van der Waals surface area contributed by atoms with Crippen molar-refractivity contribution in [3.63, 3.8) is 0 Å². The van der Waals surface area contributed by atoms with Crippen LogP contribution in [0.1, 0.15) is 32.5 Å². The number of hydrogen-bond acceptors (Lipinski definition) is 8. The summed E-state index contributed by atoms with van der Waals surface area (Å²) < 4.78 is 15.5. The lowest BCUT2D eigenvalue weighted by Gasteiger charge is -2.09. The fraction of sp³-hybridized carbons (Fsp3) is 0.250. The fourth-order valence-electron chi connectivity index (χ4n) is 3.13. The lowest BCUT2D eigenvalue weighted by atomic mass is 10.1. The van der Waals surface area contributed by atoms with Crippen molar-refractivity contribution in [2.75, 3.05) is 32.2 Å². The number of esters is 2. The van der Waals surface area contributed by atoms with Gasteiger partial charge in [0.05, 0.1) is 17.0 Å². The van der Waals surface area contributed by atoms with E-state index in [2.05, 4.69) is 10.6 Å². The molecule has 178 valence electrons. The molecule has 0 saturated heterocycles. The highest BCUT2D eigenvalue weighted by atomic mass is 32.1. The molecule has 2 aromatic carbocycles. The number of nitrogens with one attached hydrogen (secondary N) is 2. The van der Waals surface area contributed by atoms with Crippen molar-refractivity contribution < 1.29 is 33.4 Å². The molecule has 0 saturated carbocycles. The predicted molar refractivity (Wildman–Crippen MR) is 127 cm³/mol. The molecule has 2 N–H and O–H groups in total. The Morgan fingerprint density at radius 1 is 0.971 bits per heavy atom. The van der Waals surface area contributed by atoms with E-state index >= 15 is 0 Å². The van der Waals surface area contributed by atoms with E-state index in [0.717, 1.165) is 22.1 Å². The number of carbonyl (C=O) groups excluding carboxylic acids is 4. The van der Waals surface area contributed by atoms with Gasteiger partial charge in [0.1, 0.15) is 10.8 Å². The molecule has 1 heterocycles. The van der Waals surface area contributed by atoms with Crippen molar-refractivity contribution in [3.8, 4) is 5.75 Å². The Labute approximate surface area is 200 Å².